The van der Waals surface area contributed by atoms with E-state index in [1.165, 1.54) is 96.0 Å². The van der Waals surface area contributed by atoms with Crippen LogP contribution in [0.2, 0.25) is 0 Å². The van der Waals surface area contributed by atoms with Crippen LogP contribution in [0.3, 0.4) is 0 Å². The second kappa shape index (κ2) is 16.4. The van der Waals surface area contributed by atoms with E-state index in [9.17, 15) is 13.2 Å². The zero-order valence-electron chi connectivity index (χ0n) is 24.9. The van der Waals surface area contributed by atoms with Crippen molar-refractivity contribution < 1.29 is 13.2 Å². The number of nitrogens with zero attached hydrogens (tertiary/aromatic N) is 1. The molecule has 0 aliphatic heterocycles. The Morgan fingerprint density at radius 3 is 1.98 bits per heavy atom. The first-order chi connectivity index (χ1) is 19.7. The molecular formula is C33H46F3N3S2. The molecule has 0 atom stereocenters. The molecule has 0 spiro atoms. The van der Waals surface area contributed by atoms with Gasteiger partial charge in [-0.2, -0.15) is 13.2 Å². The fraction of sp³-hybridized carbons (Fsp3) is 0.576. The lowest BCUT2D eigenvalue weighted by Crippen LogP contribution is -2.20. The monoisotopic (exact) mass is 605 g/mol. The highest BCUT2D eigenvalue weighted by atomic mass is 32.1. The van der Waals surface area contributed by atoms with E-state index in [2.05, 4.69) is 25.8 Å². The molecule has 3 aromatic heterocycles. The quantitative estimate of drug-likeness (QED) is 0.112. The fourth-order valence-electron chi connectivity index (χ4n) is 5.18. The maximum atomic E-state index is 13.0. The summed E-state index contributed by atoms with van der Waals surface area (Å²) in [5.41, 5.74) is 7.55. The van der Waals surface area contributed by atoms with Gasteiger partial charge in [-0.1, -0.05) is 78.6 Å². The van der Waals surface area contributed by atoms with E-state index in [1.807, 2.05) is 28.7 Å². The van der Waals surface area contributed by atoms with Crippen LogP contribution in [0.1, 0.15) is 120 Å². The molecule has 3 nitrogen and oxygen atoms in total. The highest BCUT2D eigenvalue weighted by Crippen LogP contribution is 2.47. The summed E-state index contributed by atoms with van der Waals surface area (Å²) in [6, 6.07) is 3.67. The molecule has 0 aromatic carbocycles. The van der Waals surface area contributed by atoms with Crippen molar-refractivity contribution in [2.24, 2.45) is 5.73 Å². The number of aromatic nitrogens is 1. The van der Waals surface area contributed by atoms with Gasteiger partial charge in [-0.15, -0.1) is 22.7 Å². The number of nitrogens with one attached hydrogen (secondary N) is 1. The first-order valence-corrected chi connectivity index (χ1v) is 17.0. The van der Waals surface area contributed by atoms with Crippen LogP contribution in [-0.4, -0.2) is 16.9 Å². The second-order valence-electron chi connectivity index (χ2n) is 10.9. The van der Waals surface area contributed by atoms with Gasteiger partial charge in [0.2, 0.25) is 0 Å². The zero-order chi connectivity index (χ0) is 29.8. The first-order valence-electron chi connectivity index (χ1n) is 15.4. The summed E-state index contributed by atoms with van der Waals surface area (Å²) in [6.45, 7) is 6.71. The average Bonchev–Trinajstić information content (AvgIpc) is 3.47. The molecule has 0 radical (unpaired) electrons. The number of halogens is 3. The number of thiophene rings is 2. The number of allylic oxidation sites excluding steroid dienone is 2. The van der Waals surface area contributed by atoms with Gasteiger partial charge in [0.15, 0.2) is 0 Å². The van der Waals surface area contributed by atoms with Crippen molar-refractivity contribution in [3.63, 3.8) is 0 Å². The van der Waals surface area contributed by atoms with Crippen LogP contribution in [0.25, 0.3) is 19.8 Å². The van der Waals surface area contributed by atoms with Gasteiger partial charge in [0.25, 0.3) is 0 Å². The second-order valence-corrected chi connectivity index (χ2v) is 13.1. The number of aryl methyl sites for hydroxylation is 3. The van der Waals surface area contributed by atoms with E-state index in [0.717, 1.165) is 31.2 Å². The normalized spacial score (nSPS) is 12.5. The Morgan fingerprint density at radius 2 is 1.39 bits per heavy atom. The molecule has 0 saturated heterocycles. The molecule has 41 heavy (non-hydrogen) atoms. The Balaban J connectivity index is 2.05. The van der Waals surface area contributed by atoms with Crippen molar-refractivity contribution in [3.05, 3.63) is 51.8 Å². The third-order valence-corrected chi connectivity index (χ3v) is 10.4. The largest absolute Gasteiger partial charge is 0.430 e. The number of hydrogen-bond donors (Lipinski definition) is 2. The highest BCUT2D eigenvalue weighted by Gasteiger charge is 2.31. The standard InChI is InChI=1S/C33H46F3N3S2/c1-4-7-10-13-16-24-28(18-15-12-9-6-3)40-32-25(17-14-11-8-5-2)30(41-31(24)32)23-19-20-39-27(21-23)26(37)22-29(38)33(34,35)36/h19-22,37H,4-18,38H2,1-3H3/b29-22-,37-26?. The lowest BCUT2D eigenvalue weighted by molar-refractivity contribution is -0.0925. The topological polar surface area (TPSA) is 62.8 Å². The Bertz CT molecular complexity index is 1290. The van der Waals surface area contributed by atoms with Gasteiger partial charge in [-0.3, -0.25) is 10.4 Å². The Morgan fingerprint density at radius 1 is 0.829 bits per heavy atom. The first kappa shape index (κ1) is 33.3. The number of alkyl halides is 3. The van der Waals surface area contributed by atoms with Gasteiger partial charge in [-0.25, -0.2) is 0 Å². The van der Waals surface area contributed by atoms with E-state index in [-0.39, 0.29) is 11.4 Å². The number of hydrogen-bond acceptors (Lipinski definition) is 5. The van der Waals surface area contributed by atoms with Crippen LogP contribution in [0.5, 0.6) is 0 Å². The Kier molecular flexibility index (Phi) is 13.4. The van der Waals surface area contributed by atoms with Crippen LogP contribution in [0, 0.1) is 5.41 Å². The summed E-state index contributed by atoms with van der Waals surface area (Å²) >= 11 is 3.80. The molecule has 226 valence electrons. The fourth-order valence-corrected chi connectivity index (χ4v) is 8.27. The molecule has 0 aliphatic carbocycles. The number of unbranched alkanes of at least 4 members (excludes halogenated alkanes) is 9. The van der Waals surface area contributed by atoms with Gasteiger partial charge >= 0.3 is 6.18 Å². The van der Waals surface area contributed by atoms with E-state index in [1.54, 1.807) is 17.1 Å². The predicted molar refractivity (Wildman–Crippen MR) is 172 cm³/mol. The average molecular weight is 606 g/mol. The molecule has 0 unspecified atom stereocenters. The van der Waals surface area contributed by atoms with Gasteiger partial charge in [0, 0.05) is 25.4 Å². The molecule has 0 saturated carbocycles. The molecule has 3 N–H and O–H groups in total. The third kappa shape index (κ3) is 9.40. The van der Waals surface area contributed by atoms with Gasteiger partial charge in [0.05, 0.1) is 11.4 Å². The van der Waals surface area contributed by atoms with E-state index in [0.29, 0.717) is 6.08 Å². The summed E-state index contributed by atoms with van der Waals surface area (Å²) in [5.74, 6) is 0. The summed E-state index contributed by atoms with van der Waals surface area (Å²) in [6.07, 6.45) is 15.4. The number of nitrogens with two attached hydrogens (primary N) is 1. The lowest BCUT2D eigenvalue weighted by atomic mass is 10.0. The maximum Gasteiger partial charge on any atom is 0.430 e. The molecule has 3 heterocycles. The highest BCUT2D eigenvalue weighted by molar-refractivity contribution is 7.30. The lowest BCUT2D eigenvalue weighted by Gasteiger charge is -2.09. The van der Waals surface area contributed by atoms with Crippen LogP contribution in [-0.2, 0) is 19.3 Å². The minimum absolute atomic E-state index is 0.194. The Hall–Kier alpha value is -2.19. The molecule has 8 heteroatoms. The predicted octanol–water partition coefficient (Wildman–Crippen LogP) is 11.2. The minimum Gasteiger partial charge on any atom is -0.395 e. The molecule has 0 amide bonds. The van der Waals surface area contributed by atoms with Gasteiger partial charge in [-0.05, 0) is 73.4 Å². The summed E-state index contributed by atoms with van der Waals surface area (Å²) in [5, 5.41) is 8.24. The molecule has 3 aromatic rings. The van der Waals surface area contributed by atoms with Crippen LogP contribution in [0.4, 0.5) is 13.2 Å². The van der Waals surface area contributed by atoms with Crippen molar-refractivity contribution in [3.8, 4) is 10.4 Å². The van der Waals surface area contributed by atoms with Crippen molar-refractivity contribution >= 4 is 37.8 Å². The summed E-state index contributed by atoms with van der Waals surface area (Å²) in [7, 11) is 0. The number of fused-ring (bicyclic) bond motifs is 1. The Labute approximate surface area is 252 Å². The molecule has 3 rings (SSSR count). The number of pyridine rings is 1. The molecule has 0 bridgehead atoms. The van der Waals surface area contributed by atoms with Crippen LogP contribution >= 0.6 is 22.7 Å². The van der Waals surface area contributed by atoms with Gasteiger partial charge in [0.1, 0.15) is 5.70 Å². The molecular weight excluding hydrogens is 560 g/mol. The molecule has 0 fully saturated rings. The number of rotatable bonds is 18. The summed E-state index contributed by atoms with van der Waals surface area (Å²) < 4.78 is 41.8. The van der Waals surface area contributed by atoms with Crippen LogP contribution < -0.4 is 5.73 Å². The van der Waals surface area contributed by atoms with Crippen molar-refractivity contribution in [1.29, 1.82) is 5.41 Å². The van der Waals surface area contributed by atoms with Crippen molar-refractivity contribution in [2.45, 2.75) is 123 Å². The zero-order valence-corrected chi connectivity index (χ0v) is 26.5. The van der Waals surface area contributed by atoms with E-state index >= 15 is 0 Å². The van der Waals surface area contributed by atoms with Crippen LogP contribution in [0.15, 0.2) is 30.1 Å². The smallest absolute Gasteiger partial charge is 0.395 e. The third-order valence-electron chi connectivity index (χ3n) is 7.54. The van der Waals surface area contributed by atoms with E-state index < -0.39 is 11.9 Å². The van der Waals surface area contributed by atoms with E-state index in [4.69, 9.17) is 11.1 Å². The summed E-state index contributed by atoms with van der Waals surface area (Å²) in [4.78, 5) is 6.92. The SMILES string of the molecule is CCCCCCc1sc2c(CCCCCC)c(-c3ccnc(C(=N)/C=C(\N)C(F)(F)F)c3)sc2c1CCCCCC. The van der Waals surface area contributed by atoms with Gasteiger partial charge < -0.3 is 5.73 Å². The van der Waals surface area contributed by atoms with Crippen molar-refractivity contribution in [1.82, 2.24) is 4.98 Å². The maximum absolute atomic E-state index is 13.0. The van der Waals surface area contributed by atoms with Crippen molar-refractivity contribution in [2.75, 3.05) is 0 Å². The molecule has 0 aliphatic rings. The minimum atomic E-state index is -4.67.